The first-order valence-corrected chi connectivity index (χ1v) is 6.34. The van der Waals surface area contributed by atoms with Crippen LogP contribution in [0.5, 0.6) is 0 Å². The number of hydrogen-bond donors (Lipinski definition) is 1. The number of furan rings is 1. The number of hydrogen-bond acceptors (Lipinski definition) is 4. The third kappa shape index (κ3) is 1.79. The zero-order valence-electron chi connectivity index (χ0n) is 10.7. The van der Waals surface area contributed by atoms with E-state index in [-0.39, 0.29) is 11.5 Å². The average Bonchev–Trinajstić information content (AvgIpc) is 3.09. The van der Waals surface area contributed by atoms with Gasteiger partial charge in [0.2, 0.25) is 0 Å². The van der Waals surface area contributed by atoms with Crippen LogP contribution in [-0.2, 0) is 0 Å². The molecule has 2 aromatic carbocycles. The number of benzene rings is 2. The zero-order chi connectivity index (χ0) is 14.4. The Hall–Kier alpha value is -3.08. The smallest absolute Gasteiger partial charge is 0.338 e. The number of para-hydroxylation sites is 2. The molecule has 0 aliphatic carbocycles. The lowest BCUT2D eigenvalue weighted by molar-refractivity contribution is 0.0699. The Morgan fingerprint density at radius 1 is 1.00 bits per heavy atom. The third-order valence-corrected chi connectivity index (χ3v) is 3.29. The van der Waals surface area contributed by atoms with Crippen molar-refractivity contribution in [2.45, 2.75) is 0 Å². The Kier molecular flexibility index (Phi) is 2.35. The summed E-state index contributed by atoms with van der Waals surface area (Å²) in [5.74, 6) is -0.288. The fourth-order valence-corrected chi connectivity index (χ4v) is 2.31. The van der Waals surface area contributed by atoms with Crippen LogP contribution in [0.15, 0.2) is 57.4 Å². The number of aromatic carboxylic acids is 1. The second-order valence-corrected chi connectivity index (χ2v) is 4.62. The quantitative estimate of drug-likeness (QED) is 0.601. The molecule has 0 bridgehead atoms. The van der Waals surface area contributed by atoms with Crippen molar-refractivity contribution in [2.75, 3.05) is 0 Å². The molecule has 1 N–H and O–H groups in total. The lowest BCUT2D eigenvalue weighted by Gasteiger charge is -1.92. The lowest BCUT2D eigenvalue weighted by Crippen LogP contribution is -1.96. The summed E-state index contributed by atoms with van der Waals surface area (Å²) in [5.41, 5.74) is 1.58. The molecule has 2 aromatic heterocycles. The molecule has 0 atom stereocenters. The molecule has 5 heteroatoms. The van der Waals surface area contributed by atoms with Crippen molar-refractivity contribution in [3.05, 3.63) is 54.1 Å². The summed E-state index contributed by atoms with van der Waals surface area (Å²) in [5, 5.41) is 10.1. The number of carbonyl (C=O) groups is 1. The molecule has 0 unspecified atom stereocenters. The van der Waals surface area contributed by atoms with Gasteiger partial charge < -0.3 is 13.9 Å². The number of aromatic nitrogens is 1. The predicted octanol–water partition coefficient (Wildman–Crippen LogP) is 3.94. The fraction of sp³-hybridized carbons (Fsp3) is 0. The highest BCUT2D eigenvalue weighted by molar-refractivity contribution is 6.00. The van der Waals surface area contributed by atoms with E-state index in [0.717, 1.165) is 11.0 Å². The van der Waals surface area contributed by atoms with E-state index >= 15 is 0 Å². The van der Waals surface area contributed by atoms with Gasteiger partial charge in [-0.1, -0.05) is 24.3 Å². The molecular formula is C16H9NO4. The van der Waals surface area contributed by atoms with E-state index in [1.165, 1.54) is 6.07 Å². The molecule has 0 aliphatic rings. The highest BCUT2D eigenvalue weighted by Crippen LogP contribution is 2.30. The highest BCUT2D eigenvalue weighted by Gasteiger charge is 2.17. The molecule has 4 aromatic rings. The summed E-state index contributed by atoms with van der Waals surface area (Å²) in [6, 6.07) is 14.2. The Morgan fingerprint density at radius 2 is 1.81 bits per heavy atom. The third-order valence-electron chi connectivity index (χ3n) is 3.29. The van der Waals surface area contributed by atoms with Crippen molar-refractivity contribution in [3.63, 3.8) is 0 Å². The number of rotatable bonds is 2. The number of fused-ring (bicyclic) bond motifs is 2. The normalized spacial score (nSPS) is 11.2. The standard InChI is InChI=1S/C16H9NO4/c18-16(19)10-5-3-7-12-14(10)17-15(21-12)13-8-9-4-1-2-6-11(9)20-13/h1-8H,(H,18,19). The molecule has 0 amide bonds. The van der Waals surface area contributed by atoms with E-state index < -0.39 is 5.97 Å². The zero-order valence-corrected chi connectivity index (χ0v) is 10.7. The first-order chi connectivity index (χ1) is 10.2. The van der Waals surface area contributed by atoms with Crippen LogP contribution in [0.4, 0.5) is 0 Å². The second kappa shape index (κ2) is 4.21. The molecule has 4 rings (SSSR count). The summed E-state index contributed by atoms with van der Waals surface area (Å²) >= 11 is 0. The maximum atomic E-state index is 11.2. The van der Waals surface area contributed by atoms with Crippen molar-refractivity contribution >= 4 is 28.0 Å². The van der Waals surface area contributed by atoms with Gasteiger partial charge in [-0.3, -0.25) is 0 Å². The maximum absolute atomic E-state index is 11.2. The molecule has 2 heterocycles. The Bertz CT molecular complexity index is 947. The molecule has 0 radical (unpaired) electrons. The largest absolute Gasteiger partial charge is 0.478 e. The minimum Gasteiger partial charge on any atom is -0.478 e. The van der Waals surface area contributed by atoms with Gasteiger partial charge in [-0.2, -0.15) is 0 Å². The van der Waals surface area contributed by atoms with Gasteiger partial charge >= 0.3 is 5.97 Å². The van der Waals surface area contributed by atoms with Crippen molar-refractivity contribution in [2.24, 2.45) is 0 Å². The number of carboxylic acid groups (broad SMARTS) is 1. The molecular weight excluding hydrogens is 270 g/mol. The van der Waals surface area contributed by atoms with E-state index in [4.69, 9.17) is 8.83 Å². The van der Waals surface area contributed by atoms with Gasteiger partial charge in [0, 0.05) is 5.39 Å². The Morgan fingerprint density at radius 3 is 2.62 bits per heavy atom. The van der Waals surface area contributed by atoms with E-state index in [1.807, 2.05) is 30.3 Å². The van der Waals surface area contributed by atoms with Crippen molar-refractivity contribution < 1.29 is 18.7 Å². The van der Waals surface area contributed by atoms with Crippen molar-refractivity contribution in [1.82, 2.24) is 4.98 Å². The summed E-state index contributed by atoms with van der Waals surface area (Å²) in [7, 11) is 0. The monoisotopic (exact) mass is 279 g/mol. The minimum absolute atomic E-state index is 0.110. The highest BCUT2D eigenvalue weighted by atomic mass is 16.4. The van der Waals surface area contributed by atoms with E-state index in [2.05, 4.69) is 4.98 Å². The van der Waals surface area contributed by atoms with Crippen LogP contribution in [0.1, 0.15) is 10.4 Å². The first-order valence-electron chi connectivity index (χ1n) is 6.34. The van der Waals surface area contributed by atoms with E-state index in [0.29, 0.717) is 16.9 Å². The topological polar surface area (TPSA) is 76.5 Å². The SMILES string of the molecule is O=C(O)c1cccc2oc(-c3cc4ccccc4o3)nc12. The maximum Gasteiger partial charge on any atom is 0.338 e. The summed E-state index contributed by atoms with van der Waals surface area (Å²) in [6.45, 7) is 0. The fourth-order valence-electron chi connectivity index (χ4n) is 2.31. The molecule has 0 aliphatic heterocycles. The number of carboxylic acids is 1. The predicted molar refractivity (Wildman–Crippen MR) is 76.2 cm³/mol. The van der Waals surface area contributed by atoms with Crippen LogP contribution < -0.4 is 0 Å². The number of oxazole rings is 1. The van der Waals surface area contributed by atoms with Gasteiger partial charge in [0.1, 0.15) is 11.1 Å². The van der Waals surface area contributed by atoms with Gasteiger partial charge in [0.15, 0.2) is 11.3 Å². The lowest BCUT2D eigenvalue weighted by atomic mass is 10.2. The average molecular weight is 279 g/mol. The molecule has 0 spiro atoms. The van der Waals surface area contributed by atoms with Crippen LogP contribution in [0, 0.1) is 0 Å². The summed E-state index contributed by atoms with van der Waals surface area (Å²) < 4.78 is 11.3. The molecule has 5 nitrogen and oxygen atoms in total. The summed E-state index contributed by atoms with van der Waals surface area (Å²) in [4.78, 5) is 15.5. The van der Waals surface area contributed by atoms with Gasteiger partial charge in [-0.15, -0.1) is 0 Å². The van der Waals surface area contributed by atoms with Crippen LogP contribution in [0.25, 0.3) is 33.7 Å². The van der Waals surface area contributed by atoms with E-state index in [1.54, 1.807) is 12.1 Å². The van der Waals surface area contributed by atoms with Crippen molar-refractivity contribution in [3.8, 4) is 11.7 Å². The Labute approximate surface area is 118 Å². The van der Waals surface area contributed by atoms with Gasteiger partial charge in [0.05, 0.1) is 5.56 Å². The molecule has 0 saturated heterocycles. The molecule has 0 fully saturated rings. The first kappa shape index (κ1) is 11.7. The minimum atomic E-state index is -1.04. The number of nitrogens with zero attached hydrogens (tertiary/aromatic N) is 1. The van der Waals surface area contributed by atoms with Gasteiger partial charge in [0.25, 0.3) is 5.89 Å². The molecule has 102 valence electrons. The van der Waals surface area contributed by atoms with Gasteiger partial charge in [-0.25, -0.2) is 9.78 Å². The van der Waals surface area contributed by atoms with Crippen molar-refractivity contribution in [1.29, 1.82) is 0 Å². The van der Waals surface area contributed by atoms with Gasteiger partial charge in [-0.05, 0) is 24.3 Å². The van der Waals surface area contributed by atoms with E-state index in [9.17, 15) is 9.90 Å². The second-order valence-electron chi connectivity index (χ2n) is 4.62. The van der Waals surface area contributed by atoms with Crippen LogP contribution in [0.2, 0.25) is 0 Å². The van der Waals surface area contributed by atoms with Crippen LogP contribution in [-0.4, -0.2) is 16.1 Å². The van der Waals surface area contributed by atoms with Crippen LogP contribution >= 0.6 is 0 Å². The molecule has 21 heavy (non-hydrogen) atoms. The van der Waals surface area contributed by atoms with Crippen LogP contribution in [0.3, 0.4) is 0 Å². The Balaban J connectivity index is 1.94. The summed E-state index contributed by atoms with van der Waals surface area (Å²) in [6.07, 6.45) is 0. The molecule has 0 saturated carbocycles.